The SMILES string of the molecule is CC(=O)Sc1cc(C)ccc1[N+](=O)[O-]. The third-order valence-electron chi connectivity index (χ3n) is 1.57. The lowest BCUT2D eigenvalue weighted by molar-refractivity contribution is -0.387. The highest BCUT2D eigenvalue weighted by molar-refractivity contribution is 8.13. The Balaban J connectivity index is 3.15. The number of thioether (sulfide) groups is 1. The molecule has 0 saturated carbocycles. The Labute approximate surface area is 85.5 Å². The van der Waals surface area contributed by atoms with E-state index in [4.69, 9.17) is 0 Å². The smallest absolute Gasteiger partial charge is 0.283 e. The van der Waals surface area contributed by atoms with E-state index >= 15 is 0 Å². The predicted octanol–water partition coefficient (Wildman–Crippen LogP) is 2.54. The van der Waals surface area contributed by atoms with Gasteiger partial charge in [-0.05, 0) is 30.3 Å². The van der Waals surface area contributed by atoms with Crippen LogP contribution in [0.25, 0.3) is 0 Å². The minimum Gasteiger partial charge on any atom is -0.287 e. The molecular weight excluding hydrogens is 202 g/mol. The van der Waals surface area contributed by atoms with Gasteiger partial charge in [0.15, 0.2) is 5.12 Å². The van der Waals surface area contributed by atoms with Crippen molar-refractivity contribution in [2.75, 3.05) is 0 Å². The second-order valence-electron chi connectivity index (χ2n) is 2.82. The van der Waals surface area contributed by atoms with Crippen molar-refractivity contribution >= 4 is 22.6 Å². The van der Waals surface area contributed by atoms with Crippen LogP contribution >= 0.6 is 11.8 Å². The van der Waals surface area contributed by atoms with Crippen molar-refractivity contribution in [2.24, 2.45) is 0 Å². The van der Waals surface area contributed by atoms with Gasteiger partial charge in [-0.3, -0.25) is 14.9 Å². The first-order valence-electron chi connectivity index (χ1n) is 3.94. The molecular formula is C9H9NO3S. The van der Waals surface area contributed by atoms with E-state index in [0.29, 0.717) is 4.90 Å². The van der Waals surface area contributed by atoms with Gasteiger partial charge < -0.3 is 0 Å². The third kappa shape index (κ3) is 2.56. The van der Waals surface area contributed by atoms with Gasteiger partial charge in [0, 0.05) is 13.0 Å². The Morgan fingerprint density at radius 3 is 2.64 bits per heavy atom. The fraction of sp³-hybridized carbons (Fsp3) is 0.222. The summed E-state index contributed by atoms with van der Waals surface area (Å²) >= 11 is 0.887. The van der Waals surface area contributed by atoms with Gasteiger partial charge in [0.25, 0.3) is 5.69 Å². The first-order chi connectivity index (χ1) is 6.50. The Kier molecular flexibility index (Phi) is 3.24. The number of carbonyl (C=O) groups is 1. The Morgan fingerprint density at radius 2 is 2.14 bits per heavy atom. The topological polar surface area (TPSA) is 60.2 Å². The van der Waals surface area contributed by atoms with E-state index in [0.717, 1.165) is 17.3 Å². The monoisotopic (exact) mass is 211 g/mol. The number of rotatable bonds is 2. The minimum absolute atomic E-state index is 0.0178. The molecule has 0 atom stereocenters. The summed E-state index contributed by atoms with van der Waals surface area (Å²) in [4.78, 5) is 21.4. The number of benzene rings is 1. The molecule has 0 saturated heterocycles. The van der Waals surface area contributed by atoms with Crippen molar-refractivity contribution in [1.82, 2.24) is 0 Å². The summed E-state index contributed by atoms with van der Waals surface area (Å²) in [6, 6.07) is 4.72. The zero-order chi connectivity index (χ0) is 10.7. The van der Waals surface area contributed by atoms with Crippen LogP contribution < -0.4 is 0 Å². The molecule has 0 aliphatic rings. The van der Waals surface area contributed by atoms with Crippen LogP contribution in [0.5, 0.6) is 0 Å². The maximum Gasteiger partial charge on any atom is 0.283 e. The standard InChI is InChI=1S/C9H9NO3S/c1-6-3-4-8(10(12)13)9(5-6)14-7(2)11/h3-5H,1-2H3. The van der Waals surface area contributed by atoms with Crippen LogP contribution in [0.2, 0.25) is 0 Å². The fourth-order valence-electron chi connectivity index (χ4n) is 1.01. The highest BCUT2D eigenvalue weighted by Gasteiger charge is 2.15. The van der Waals surface area contributed by atoms with Crippen LogP contribution in [0.4, 0.5) is 5.69 Å². The average Bonchev–Trinajstić information content (AvgIpc) is 2.01. The molecule has 0 fully saturated rings. The molecule has 4 nitrogen and oxygen atoms in total. The molecule has 0 spiro atoms. The van der Waals surface area contributed by atoms with Crippen LogP contribution in [0.15, 0.2) is 23.1 Å². The predicted molar refractivity (Wildman–Crippen MR) is 54.4 cm³/mol. The highest BCUT2D eigenvalue weighted by atomic mass is 32.2. The lowest BCUT2D eigenvalue weighted by atomic mass is 10.2. The molecule has 1 aromatic carbocycles. The number of carbonyl (C=O) groups excluding carboxylic acids is 1. The largest absolute Gasteiger partial charge is 0.287 e. The maximum absolute atomic E-state index is 10.8. The number of nitro groups is 1. The molecule has 74 valence electrons. The molecule has 0 aromatic heterocycles. The van der Waals surface area contributed by atoms with E-state index in [1.807, 2.05) is 6.92 Å². The molecule has 0 unspecified atom stereocenters. The van der Waals surface area contributed by atoms with Crippen LogP contribution in [0.1, 0.15) is 12.5 Å². The number of nitrogens with zero attached hydrogens (tertiary/aromatic N) is 1. The normalized spacial score (nSPS) is 9.86. The molecule has 0 heterocycles. The van der Waals surface area contributed by atoms with Gasteiger partial charge in [-0.1, -0.05) is 6.07 Å². The average molecular weight is 211 g/mol. The molecule has 0 radical (unpaired) electrons. The summed E-state index contributed by atoms with van der Waals surface area (Å²) in [6.45, 7) is 3.21. The van der Waals surface area contributed by atoms with E-state index in [1.165, 1.54) is 13.0 Å². The molecule has 5 heteroatoms. The first-order valence-corrected chi connectivity index (χ1v) is 4.76. The summed E-state index contributed by atoms with van der Waals surface area (Å²) in [6.07, 6.45) is 0. The van der Waals surface area contributed by atoms with Gasteiger partial charge in [-0.15, -0.1) is 0 Å². The summed E-state index contributed by atoms with van der Waals surface area (Å²) in [5.74, 6) is 0. The highest BCUT2D eigenvalue weighted by Crippen LogP contribution is 2.30. The Hall–Kier alpha value is -1.36. The van der Waals surface area contributed by atoms with Gasteiger partial charge in [0.1, 0.15) is 0 Å². The zero-order valence-corrected chi connectivity index (χ0v) is 8.63. The number of nitro benzene ring substituents is 1. The number of hydrogen-bond acceptors (Lipinski definition) is 4. The van der Waals surface area contributed by atoms with E-state index in [1.54, 1.807) is 12.1 Å². The van der Waals surface area contributed by atoms with Crippen LogP contribution in [-0.2, 0) is 4.79 Å². The van der Waals surface area contributed by atoms with Gasteiger partial charge in [0.05, 0.1) is 9.82 Å². The fourth-order valence-corrected chi connectivity index (χ4v) is 1.81. The van der Waals surface area contributed by atoms with Gasteiger partial charge in [0.2, 0.25) is 0 Å². The number of hydrogen-bond donors (Lipinski definition) is 0. The van der Waals surface area contributed by atoms with Crippen molar-refractivity contribution in [3.8, 4) is 0 Å². The van der Waals surface area contributed by atoms with Crippen molar-refractivity contribution in [2.45, 2.75) is 18.7 Å². The summed E-state index contributed by atoms with van der Waals surface area (Å²) in [7, 11) is 0. The van der Waals surface area contributed by atoms with E-state index in [9.17, 15) is 14.9 Å². The van der Waals surface area contributed by atoms with Gasteiger partial charge in [-0.25, -0.2) is 0 Å². The first kappa shape index (κ1) is 10.7. The summed E-state index contributed by atoms with van der Waals surface area (Å²) in [5, 5.41) is 10.4. The van der Waals surface area contributed by atoms with Gasteiger partial charge >= 0.3 is 0 Å². The van der Waals surface area contributed by atoms with Crippen molar-refractivity contribution in [1.29, 1.82) is 0 Å². The second-order valence-corrected chi connectivity index (χ2v) is 4.04. The molecule has 0 N–H and O–H groups in total. The van der Waals surface area contributed by atoms with Crippen LogP contribution in [-0.4, -0.2) is 10.0 Å². The summed E-state index contributed by atoms with van der Waals surface area (Å²) < 4.78 is 0. The Bertz CT molecular complexity index is 390. The quantitative estimate of drug-likeness (QED) is 0.428. The molecule has 0 aliphatic heterocycles. The van der Waals surface area contributed by atoms with Crippen LogP contribution in [0.3, 0.4) is 0 Å². The van der Waals surface area contributed by atoms with Crippen molar-refractivity contribution in [3.05, 3.63) is 33.9 Å². The zero-order valence-electron chi connectivity index (χ0n) is 7.81. The molecule has 0 aliphatic carbocycles. The number of aryl methyl sites for hydroxylation is 1. The van der Waals surface area contributed by atoms with Crippen molar-refractivity contribution in [3.63, 3.8) is 0 Å². The lowest BCUT2D eigenvalue weighted by Crippen LogP contribution is -1.93. The van der Waals surface area contributed by atoms with E-state index in [2.05, 4.69) is 0 Å². The van der Waals surface area contributed by atoms with E-state index < -0.39 is 4.92 Å². The molecule has 1 rings (SSSR count). The molecule has 1 aromatic rings. The minimum atomic E-state index is -0.481. The van der Waals surface area contributed by atoms with Gasteiger partial charge in [-0.2, -0.15) is 0 Å². The Morgan fingerprint density at radius 1 is 1.50 bits per heavy atom. The van der Waals surface area contributed by atoms with Crippen molar-refractivity contribution < 1.29 is 9.72 Å². The van der Waals surface area contributed by atoms with Crippen LogP contribution in [0, 0.1) is 17.0 Å². The van der Waals surface area contributed by atoms with E-state index in [-0.39, 0.29) is 10.8 Å². The third-order valence-corrected chi connectivity index (χ3v) is 2.40. The molecule has 0 amide bonds. The molecule has 14 heavy (non-hydrogen) atoms. The molecule has 0 bridgehead atoms. The lowest BCUT2D eigenvalue weighted by Gasteiger charge is -2.00. The second kappa shape index (κ2) is 4.23. The maximum atomic E-state index is 10.8. The summed E-state index contributed by atoms with van der Waals surface area (Å²) in [5.41, 5.74) is 0.884.